The van der Waals surface area contributed by atoms with Crippen molar-refractivity contribution in [1.29, 1.82) is 5.41 Å². The standard InChI is InChI=1S/C11H16.C9H12N2.C8H15N.C2H6.CH5N/c1-3-10(2)9-11-7-5-4-6-8-11;1-11-7-9-4-2-8(6-10)3-5-9;1-3-5-6-8-9-7-4-2;2*1-2/h4-8,10H,3,9H2,1-2H3;2-6,10-11H,7H2,1H3;3-4,9H,1-2,5-8H2;1-2H3;2H2,1H3. The Balaban J connectivity index is -0.000000411. The van der Waals surface area contributed by atoms with Crippen LogP contribution in [0.3, 0.4) is 0 Å². The predicted molar refractivity (Wildman–Crippen MR) is 161 cm³/mol. The zero-order chi connectivity index (χ0) is 27.2. The van der Waals surface area contributed by atoms with Gasteiger partial charge in [0.05, 0.1) is 0 Å². The second-order valence-corrected chi connectivity index (χ2v) is 7.54. The number of nitrogens with two attached hydrogens (primary N) is 1. The lowest BCUT2D eigenvalue weighted by atomic mass is 9.99. The first-order valence-corrected chi connectivity index (χ1v) is 12.9. The molecule has 0 amide bonds. The van der Waals surface area contributed by atoms with E-state index < -0.39 is 0 Å². The summed E-state index contributed by atoms with van der Waals surface area (Å²) in [7, 11) is 3.42. The molecule has 198 valence electrons. The maximum absolute atomic E-state index is 6.98. The number of hydrogen-bond donors (Lipinski definition) is 4. The first-order chi connectivity index (χ1) is 17.1. The van der Waals surface area contributed by atoms with Gasteiger partial charge >= 0.3 is 0 Å². The van der Waals surface area contributed by atoms with E-state index in [0.29, 0.717) is 0 Å². The first kappa shape index (κ1) is 37.0. The molecule has 2 rings (SSSR count). The summed E-state index contributed by atoms with van der Waals surface area (Å²) in [4.78, 5) is 0. The third-order valence-corrected chi connectivity index (χ3v) is 4.70. The summed E-state index contributed by atoms with van der Waals surface area (Å²) in [6.45, 7) is 18.6. The maximum atomic E-state index is 6.98. The molecule has 0 radical (unpaired) electrons. The Morgan fingerprint density at radius 2 is 1.54 bits per heavy atom. The van der Waals surface area contributed by atoms with E-state index in [1.807, 2.05) is 57.3 Å². The maximum Gasteiger partial charge on any atom is 0.0250 e. The van der Waals surface area contributed by atoms with Gasteiger partial charge in [-0.25, -0.2) is 0 Å². The van der Waals surface area contributed by atoms with Gasteiger partial charge in [0.25, 0.3) is 0 Å². The normalized spacial score (nSPS) is 9.69. The zero-order valence-corrected chi connectivity index (χ0v) is 23.4. The van der Waals surface area contributed by atoms with Gasteiger partial charge in [-0.3, -0.25) is 0 Å². The molecule has 0 aliphatic carbocycles. The smallest absolute Gasteiger partial charge is 0.0250 e. The molecule has 0 aliphatic heterocycles. The lowest BCUT2D eigenvalue weighted by Crippen LogP contribution is -2.14. The molecule has 0 heterocycles. The highest BCUT2D eigenvalue weighted by Crippen LogP contribution is 2.10. The number of benzene rings is 2. The summed E-state index contributed by atoms with van der Waals surface area (Å²) in [6.07, 6.45) is 9.93. The lowest BCUT2D eigenvalue weighted by Gasteiger charge is -2.06. The third-order valence-electron chi connectivity index (χ3n) is 4.70. The first-order valence-electron chi connectivity index (χ1n) is 12.9. The van der Waals surface area contributed by atoms with E-state index >= 15 is 0 Å². The molecule has 2 aromatic rings. The third kappa shape index (κ3) is 25.9. The average molecular weight is 483 g/mol. The van der Waals surface area contributed by atoms with Crippen molar-refractivity contribution in [2.24, 2.45) is 11.7 Å². The fourth-order valence-electron chi connectivity index (χ4n) is 2.67. The molecular weight excluding hydrogens is 428 g/mol. The van der Waals surface area contributed by atoms with Crippen LogP contribution in [0.4, 0.5) is 0 Å². The molecule has 5 N–H and O–H groups in total. The van der Waals surface area contributed by atoms with Crippen molar-refractivity contribution < 1.29 is 0 Å². The van der Waals surface area contributed by atoms with Crippen LogP contribution in [0.15, 0.2) is 79.9 Å². The minimum Gasteiger partial charge on any atom is -0.333 e. The summed E-state index contributed by atoms with van der Waals surface area (Å²) < 4.78 is 0. The van der Waals surface area contributed by atoms with Gasteiger partial charge in [0.1, 0.15) is 0 Å². The SMILES string of the molecule is C=CCCCNCC=C.CC.CCC(C)Cc1ccccc1.CN.CNCc1ccc(C=N)cc1. The van der Waals surface area contributed by atoms with Crippen molar-refractivity contribution in [3.63, 3.8) is 0 Å². The lowest BCUT2D eigenvalue weighted by molar-refractivity contribution is 0.560. The Hall–Kier alpha value is -2.53. The number of unbranched alkanes of at least 4 members (excludes halogenated alkanes) is 1. The van der Waals surface area contributed by atoms with E-state index in [9.17, 15) is 0 Å². The van der Waals surface area contributed by atoms with E-state index in [-0.39, 0.29) is 0 Å². The second kappa shape index (κ2) is 31.5. The van der Waals surface area contributed by atoms with Crippen LogP contribution in [0.5, 0.6) is 0 Å². The van der Waals surface area contributed by atoms with Crippen molar-refractivity contribution in [2.75, 3.05) is 27.2 Å². The van der Waals surface area contributed by atoms with E-state index in [0.717, 1.165) is 37.5 Å². The van der Waals surface area contributed by atoms with Crippen molar-refractivity contribution in [1.82, 2.24) is 10.6 Å². The molecule has 1 unspecified atom stereocenters. The molecule has 2 aromatic carbocycles. The molecule has 0 spiro atoms. The van der Waals surface area contributed by atoms with Crippen molar-refractivity contribution >= 4 is 6.21 Å². The Labute approximate surface area is 217 Å². The molecule has 0 aromatic heterocycles. The molecule has 0 fully saturated rings. The Kier molecular flexibility index (Phi) is 33.3. The number of rotatable bonds is 12. The number of allylic oxidation sites excluding steroid dienone is 1. The van der Waals surface area contributed by atoms with Gasteiger partial charge in [-0.1, -0.05) is 101 Å². The average Bonchev–Trinajstić information content (AvgIpc) is 2.93. The van der Waals surface area contributed by atoms with Crippen LogP contribution in [-0.4, -0.2) is 33.4 Å². The molecule has 0 bridgehead atoms. The molecule has 0 saturated carbocycles. The Bertz CT molecular complexity index is 671. The van der Waals surface area contributed by atoms with Gasteiger partial charge < -0.3 is 21.8 Å². The van der Waals surface area contributed by atoms with Gasteiger partial charge in [0.15, 0.2) is 0 Å². The summed E-state index contributed by atoms with van der Waals surface area (Å²) >= 11 is 0. The van der Waals surface area contributed by atoms with Crippen molar-refractivity contribution in [3.8, 4) is 0 Å². The Morgan fingerprint density at radius 3 is 2.00 bits per heavy atom. The summed E-state index contributed by atoms with van der Waals surface area (Å²) in [5, 5.41) is 13.2. The van der Waals surface area contributed by atoms with E-state index in [1.54, 1.807) is 0 Å². The fraction of sp³-hybridized carbons (Fsp3) is 0.452. The quantitative estimate of drug-likeness (QED) is 0.149. The minimum absolute atomic E-state index is 0.817. The largest absolute Gasteiger partial charge is 0.333 e. The highest BCUT2D eigenvalue weighted by molar-refractivity contribution is 5.76. The molecular formula is C31H54N4. The molecule has 0 aliphatic rings. The fourth-order valence-corrected chi connectivity index (χ4v) is 2.67. The van der Waals surface area contributed by atoms with E-state index in [1.165, 1.54) is 43.7 Å². The van der Waals surface area contributed by atoms with Crippen molar-refractivity contribution in [2.45, 2.75) is 59.9 Å². The van der Waals surface area contributed by atoms with E-state index in [2.05, 4.69) is 73.7 Å². The summed E-state index contributed by atoms with van der Waals surface area (Å²) in [5.74, 6) is 0.817. The van der Waals surface area contributed by atoms with Crippen molar-refractivity contribution in [3.05, 3.63) is 96.6 Å². The zero-order valence-electron chi connectivity index (χ0n) is 23.4. The topological polar surface area (TPSA) is 73.9 Å². The van der Waals surface area contributed by atoms with Gasteiger partial charge in [-0.2, -0.15) is 0 Å². The summed E-state index contributed by atoms with van der Waals surface area (Å²) in [6, 6.07) is 18.6. The van der Waals surface area contributed by atoms with Crippen LogP contribution < -0.4 is 16.4 Å². The number of nitrogens with one attached hydrogen (secondary N) is 3. The van der Waals surface area contributed by atoms with Gasteiger partial charge in [0.2, 0.25) is 0 Å². The predicted octanol–water partition coefficient (Wildman–Crippen LogP) is 7.01. The second-order valence-electron chi connectivity index (χ2n) is 7.54. The van der Waals surface area contributed by atoms with Gasteiger partial charge in [0, 0.05) is 19.3 Å². The van der Waals surface area contributed by atoms with Crippen LogP contribution in [-0.2, 0) is 13.0 Å². The highest BCUT2D eigenvalue weighted by Gasteiger charge is 1.98. The van der Waals surface area contributed by atoms with Crippen LogP contribution in [0.25, 0.3) is 0 Å². The van der Waals surface area contributed by atoms with Gasteiger partial charge in [-0.15, -0.1) is 13.2 Å². The van der Waals surface area contributed by atoms with Crippen LogP contribution >= 0.6 is 0 Å². The molecule has 35 heavy (non-hydrogen) atoms. The minimum atomic E-state index is 0.817. The molecule has 0 saturated heterocycles. The monoisotopic (exact) mass is 482 g/mol. The number of hydrogen-bond acceptors (Lipinski definition) is 4. The van der Waals surface area contributed by atoms with Gasteiger partial charge in [-0.05, 0) is 62.5 Å². The van der Waals surface area contributed by atoms with E-state index in [4.69, 9.17) is 5.41 Å². The van der Waals surface area contributed by atoms with Crippen LogP contribution in [0.2, 0.25) is 0 Å². The summed E-state index contributed by atoms with van der Waals surface area (Å²) in [5.41, 5.74) is 8.16. The molecule has 4 nitrogen and oxygen atoms in total. The Morgan fingerprint density at radius 1 is 0.943 bits per heavy atom. The highest BCUT2D eigenvalue weighted by atomic mass is 14.8. The van der Waals surface area contributed by atoms with Crippen LogP contribution in [0, 0.1) is 11.3 Å². The molecule has 4 heteroatoms. The molecule has 1 atom stereocenters. The van der Waals surface area contributed by atoms with Crippen LogP contribution in [0.1, 0.15) is 63.6 Å².